The van der Waals surface area contributed by atoms with Crippen LogP contribution in [-0.2, 0) is 9.53 Å². The lowest BCUT2D eigenvalue weighted by Gasteiger charge is -2.39. The summed E-state index contributed by atoms with van der Waals surface area (Å²) in [7, 11) is 1.79. The van der Waals surface area contributed by atoms with E-state index in [9.17, 15) is 18.0 Å². The van der Waals surface area contributed by atoms with Gasteiger partial charge in [-0.05, 0) is 50.7 Å². The van der Waals surface area contributed by atoms with Gasteiger partial charge >= 0.3 is 12.1 Å². The number of carbonyl (C=O) groups excluding carboxylic acids is 1. The van der Waals surface area contributed by atoms with E-state index in [4.69, 9.17) is 19.1 Å². The molecule has 2 aliphatic heterocycles. The standard InChI is InChI=1S/C18H28N2O3.C2HF3O2/c1-14(2)20-13-18(11-15(20)12-22-3)6-8-19(9-7-18)17(21)16-5-4-10-23-16;3-2(4,5)1(6)7/h4-5,10,14-15H,6-9,11-13H2,1-3H3;(H,6,7). The van der Waals surface area contributed by atoms with Crippen molar-refractivity contribution in [1.29, 1.82) is 0 Å². The van der Waals surface area contributed by atoms with Gasteiger partial charge < -0.3 is 19.2 Å². The molecule has 1 aromatic rings. The zero-order valence-corrected chi connectivity index (χ0v) is 17.4. The summed E-state index contributed by atoms with van der Waals surface area (Å²) in [6, 6.07) is 4.56. The summed E-state index contributed by atoms with van der Waals surface area (Å²) in [5.74, 6) is -2.28. The zero-order chi connectivity index (χ0) is 22.5. The first-order valence-electron chi connectivity index (χ1n) is 9.86. The minimum atomic E-state index is -5.08. The van der Waals surface area contributed by atoms with Crippen LogP contribution in [0.25, 0.3) is 0 Å². The highest BCUT2D eigenvalue weighted by Gasteiger charge is 2.46. The fourth-order valence-corrected chi connectivity index (χ4v) is 4.25. The Morgan fingerprint density at radius 3 is 2.37 bits per heavy atom. The molecule has 170 valence electrons. The van der Waals surface area contributed by atoms with E-state index >= 15 is 0 Å². The van der Waals surface area contributed by atoms with Gasteiger partial charge in [-0.25, -0.2) is 4.79 Å². The van der Waals surface area contributed by atoms with Crippen molar-refractivity contribution < 1.29 is 37.0 Å². The Bertz CT molecular complexity index is 698. The van der Waals surface area contributed by atoms with Crippen LogP contribution in [0.15, 0.2) is 22.8 Å². The molecule has 7 nitrogen and oxygen atoms in total. The molecule has 1 aromatic heterocycles. The number of carboxylic acids is 1. The number of piperidine rings is 1. The molecule has 1 amide bonds. The van der Waals surface area contributed by atoms with Gasteiger partial charge in [0.05, 0.1) is 12.9 Å². The molecule has 2 aliphatic rings. The highest BCUT2D eigenvalue weighted by atomic mass is 19.4. The Balaban J connectivity index is 0.000000396. The Hall–Kier alpha value is -2.07. The molecule has 1 atom stereocenters. The van der Waals surface area contributed by atoms with E-state index < -0.39 is 12.1 Å². The summed E-state index contributed by atoms with van der Waals surface area (Å²) < 4.78 is 42.4. The molecular formula is C20H29F3N2O5. The second-order valence-electron chi connectivity index (χ2n) is 8.15. The van der Waals surface area contributed by atoms with Crippen molar-refractivity contribution in [3.63, 3.8) is 0 Å². The fourth-order valence-electron chi connectivity index (χ4n) is 4.25. The minimum absolute atomic E-state index is 0.0250. The second-order valence-corrected chi connectivity index (χ2v) is 8.15. The SMILES string of the molecule is COCC1CC2(CCN(C(=O)c3ccco3)CC2)CN1C(C)C.O=C(O)C(F)(F)F. The van der Waals surface area contributed by atoms with Gasteiger partial charge in [-0.2, -0.15) is 13.2 Å². The fraction of sp³-hybridized carbons (Fsp3) is 0.700. The number of methoxy groups -OCH3 is 1. The van der Waals surface area contributed by atoms with Crippen molar-refractivity contribution >= 4 is 11.9 Å². The third-order valence-corrected chi connectivity index (χ3v) is 5.76. The highest BCUT2D eigenvalue weighted by molar-refractivity contribution is 5.91. The van der Waals surface area contributed by atoms with Crippen LogP contribution in [-0.4, -0.2) is 78.4 Å². The van der Waals surface area contributed by atoms with Gasteiger partial charge in [-0.3, -0.25) is 9.69 Å². The quantitative estimate of drug-likeness (QED) is 0.783. The van der Waals surface area contributed by atoms with Crippen molar-refractivity contribution in [2.24, 2.45) is 5.41 Å². The number of carbonyl (C=O) groups is 2. The van der Waals surface area contributed by atoms with Crippen LogP contribution in [0.2, 0.25) is 0 Å². The number of hydrogen-bond acceptors (Lipinski definition) is 5. The third-order valence-electron chi connectivity index (χ3n) is 5.76. The Kier molecular flexibility index (Phi) is 7.93. The Morgan fingerprint density at radius 1 is 1.33 bits per heavy atom. The van der Waals surface area contributed by atoms with Crippen molar-refractivity contribution in [3.8, 4) is 0 Å². The summed E-state index contributed by atoms with van der Waals surface area (Å²) in [6.07, 6.45) is -0.195. The van der Waals surface area contributed by atoms with Gasteiger partial charge in [0.25, 0.3) is 5.91 Å². The van der Waals surface area contributed by atoms with Crippen molar-refractivity contribution in [3.05, 3.63) is 24.2 Å². The average molecular weight is 434 g/mol. The van der Waals surface area contributed by atoms with Gasteiger partial charge in [0.2, 0.25) is 0 Å². The molecule has 1 N–H and O–H groups in total. The van der Waals surface area contributed by atoms with Crippen molar-refractivity contribution in [1.82, 2.24) is 9.80 Å². The maximum atomic E-state index is 12.4. The average Bonchev–Trinajstić information content (AvgIpc) is 3.31. The molecule has 1 spiro atoms. The third kappa shape index (κ3) is 5.98. The number of furan rings is 1. The largest absolute Gasteiger partial charge is 0.490 e. The molecule has 0 aromatic carbocycles. The maximum Gasteiger partial charge on any atom is 0.490 e. The lowest BCUT2D eigenvalue weighted by Crippen LogP contribution is -2.44. The van der Waals surface area contributed by atoms with Gasteiger partial charge in [-0.1, -0.05) is 0 Å². The van der Waals surface area contributed by atoms with Crippen LogP contribution in [0.5, 0.6) is 0 Å². The van der Waals surface area contributed by atoms with Crippen LogP contribution in [0, 0.1) is 5.41 Å². The topological polar surface area (TPSA) is 83.2 Å². The number of ether oxygens (including phenoxy) is 1. The summed E-state index contributed by atoms with van der Waals surface area (Å²) in [5.41, 5.74) is 0.341. The number of likely N-dealkylation sites (tertiary alicyclic amines) is 2. The lowest BCUT2D eigenvalue weighted by molar-refractivity contribution is -0.192. The maximum absolute atomic E-state index is 12.4. The van der Waals surface area contributed by atoms with Gasteiger partial charge in [0, 0.05) is 38.8 Å². The van der Waals surface area contributed by atoms with Crippen LogP contribution in [0.4, 0.5) is 13.2 Å². The van der Waals surface area contributed by atoms with E-state index in [0.717, 1.165) is 39.1 Å². The number of aliphatic carboxylic acids is 1. The molecule has 10 heteroatoms. The van der Waals surface area contributed by atoms with E-state index in [0.29, 0.717) is 23.3 Å². The molecule has 30 heavy (non-hydrogen) atoms. The number of nitrogens with zero attached hydrogens (tertiary/aromatic N) is 2. The van der Waals surface area contributed by atoms with Crippen LogP contribution >= 0.6 is 0 Å². The Labute approximate surface area is 173 Å². The summed E-state index contributed by atoms with van der Waals surface area (Å²) >= 11 is 0. The van der Waals surface area contributed by atoms with E-state index in [1.165, 1.54) is 6.42 Å². The monoisotopic (exact) mass is 434 g/mol. The lowest BCUT2D eigenvalue weighted by atomic mass is 9.76. The molecule has 2 saturated heterocycles. The van der Waals surface area contributed by atoms with E-state index in [1.807, 2.05) is 4.90 Å². The van der Waals surface area contributed by atoms with E-state index in [2.05, 4.69) is 18.7 Å². The first-order valence-corrected chi connectivity index (χ1v) is 9.86. The molecule has 2 fully saturated rings. The van der Waals surface area contributed by atoms with E-state index in [1.54, 1.807) is 25.5 Å². The number of alkyl halides is 3. The number of hydrogen-bond donors (Lipinski definition) is 1. The van der Waals surface area contributed by atoms with Crippen molar-refractivity contribution in [2.75, 3.05) is 33.4 Å². The highest BCUT2D eigenvalue weighted by Crippen LogP contribution is 2.44. The number of rotatable bonds is 4. The number of halogens is 3. The second kappa shape index (κ2) is 9.82. The number of amides is 1. The molecule has 0 aliphatic carbocycles. The summed E-state index contributed by atoms with van der Waals surface area (Å²) in [6.45, 7) is 8.10. The number of carboxylic acid groups (broad SMARTS) is 1. The van der Waals surface area contributed by atoms with Gasteiger partial charge in [-0.15, -0.1) is 0 Å². The summed E-state index contributed by atoms with van der Waals surface area (Å²) in [4.78, 5) is 25.8. The minimum Gasteiger partial charge on any atom is -0.475 e. The Morgan fingerprint density at radius 2 is 1.93 bits per heavy atom. The first-order chi connectivity index (χ1) is 14.0. The van der Waals surface area contributed by atoms with Crippen molar-refractivity contribution in [2.45, 2.75) is 51.4 Å². The van der Waals surface area contributed by atoms with E-state index in [-0.39, 0.29) is 5.91 Å². The predicted molar refractivity (Wildman–Crippen MR) is 102 cm³/mol. The zero-order valence-electron chi connectivity index (χ0n) is 17.4. The first kappa shape index (κ1) is 24.2. The van der Waals surface area contributed by atoms with Gasteiger partial charge in [0.15, 0.2) is 5.76 Å². The molecule has 0 radical (unpaired) electrons. The van der Waals surface area contributed by atoms with Crippen LogP contribution in [0.3, 0.4) is 0 Å². The molecule has 0 saturated carbocycles. The molecular weight excluding hydrogens is 405 g/mol. The molecule has 3 heterocycles. The molecule has 1 unspecified atom stereocenters. The molecule has 3 rings (SSSR count). The summed E-state index contributed by atoms with van der Waals surface area (Å²) in [5, 5.41) is 7.12. The predicted octanol–water partition coefficient (Wildman–Crippen LogP) is 3.26. The smallest absolute Gasteiger partial charge is 0.475 e. The normalized spacial score (nSPS) is 21.6. The van der Waals surface area contributed by atoms with Gasteiger partial charge in [0.1, 0.15) is 0 Å². The molecule has 0 bridgehead atoms. The van der Waals surface area contributed by atoms with Crippen LogP contribution in [0.1, 0.15) is 43.7 Å². The van der Waals surface area contributed by atoms with Crippen LogP contribution < -0.4 is 0 Å².